The van der Waals surface area contributed by atoms with Crippen LogP contribution in [-0.4, -0.2) is 20.9 Å². The lowest BCUT2D eigenvalue weighted by Crippen LogP contribution is -2.23. The third-order valence-electron chi connectivity index (χ3n) is 4.49. The number of aliphatic hydroxyl groups excluding tert-OH is 1. The number of carbonyl (C=O) groups excluding carboxylic acids is 2. The molecule has 0 radical (unpaired) electrons. The number of rotatable bonds is 4. The van der Waals surface area contributed by atoms with Crippen LogP contribution < -0.4 is 5.32 Å². The zero-order valence-electron chi connectivity index (χ0n) is 15.0. The molecule has 26 heavy (non-hydrogen) atoms. The average Bonchev–Trinajstić information content (AvgIpc) is 2.78. The number of aliphatic hydroxyl groups is 1. The van der Waals surface area contributed by atoms with E-state index in [4.69, 9.17) is 0 Å². The molecule has 4 nitrogen and oxygen atoms in total. The number of anilines is 1. The first-order valence-corrected chi connectivity index (χ1v) is 9.21. The fourth-order valence-electron chi connectivity index (χ4n) is 3.13. The fourth-order valence-corrected chi connectivity index (χ4v) is 4.27. The van der Waals surface area contributed by atoms with Crippen molar-refractivity contribution in [1.29, 1.82) is 0 Å². The Morgan fingerprint density at radius 2 is 1.85 bits per heavy atom. The minimum atomic E-state index is -0.603. The molecule has 5 heteroatoms. The van der Waals surface area contributed by atoms with Crippen molar-refractivity contribution in [3.63, 3.8) is 0 Å². The number of thioether (sulfide) groups is 1. The first kappa shape index (κ1) is 18.3. The van der Waals surface area contributed by atoms with Crippen LogP contribution in [0.3, 0.4) is 0 Å². The summed E-state index contributed by atoms with van der Waals surface area (Å²) in [5.74, 6) is 0.0806. The highest BCUT2D eigenvalue weighted by molar-refractivity contribution is 8.15. The molecule has 1 heterocycles. The van der Waals surface area contributed by atoms with Crippen LogP contribution in [0.25, 0.3) is 11.1 Å². The van der Waals surface area contributed by atoms with Crippen LogP contribution in [0.15, 0.2) is 59.9 Å². The van der Waals surface area contributed by atoms with E-state index in [0.717, 1.165) is 22.4 Å². The summed E-state index contributed by atoms with van der Waals surface area (Å²) < 4.78 is -0.603. The molecule has 3 rings (SSSR count). The second kappa shape index (κ2) is 7.00. The van der Waals surface area contributed by atoms with E-state index in [1.54, 1.807) is 6.92 Å². The van der Waals surface area contributed by atoms with E-state index in [-0.39, 0.29) is 16.8 Å². The Hall–Kier alpha value is -2.53. The third-order valence-corrected chi connectivity index (χ3v) is 5.77. The number of benzene rings is 2. The van der Waals surface area contributed by atoms with Crippen molar-refractivity contribution in [2.24, 2.45) is 0 Å². The molecule has 0 bridgehead atoms. The maximum atomic E-state index is 11.9. The molecule has 1 unspecified atom stereocenters. The van der Waals surface area contributed by atoms with Gasteiger partial charge in [0.05, 0.1) is 4.75 Å². The maximum Gasteiger partial charge on any atom is 0.221 e. The molecule has 0 spiro atoms. The quantitative estimate of drug-likeness (QED) is 0.821. The zero-order valence-corrected chi connectivity index (χ0v) is 15.8. The van der Waals surface area contributed by atoms with Gasteiger partial charge in [-0.15, -0.1) is 0 Å². The summed E-state index contributed by atoms with van der Waals surface area (Å²) in [6, 6.07) is 15.7. The van der Waals surface area contributed by atoms with Gasteiger partial charge in [-0.2, -0.15) is 0 Å². The standard InChI is InChI=1S/C21H21NO3S/c1-13-19(24)21(3,26-20(13)25)12-15-7-9-16(10-8-15)17-5-4-6-18(11-17)22-14(2)23/h4-11,24H,12H2,1-3H3,(H,22,23). The van der Waals surface area contributed by atoms with Gasteiger partial charge in [0.15, 0.2) is 0 Å². The van der Waals surface area contributed by atoms with Crippen molar-refractivity contribution in [3.8, 4) is 11.1 Å². The monoisotopic (exact) mass is 367 g/mol. The minimum absolute atomic E-state index is 0.0589. The molecule has 1 atom stereocenters. The maximum absolute atomic E-state index is 11.9. The Kier molecular flexibility index (Phi) is 4.92. The Morgan fingerprint density at radius 1 is 1.15 bits per heavy atom. The Morgan fingerprint density at radius 3 is 2.42 bits per heavy atom. The van der Waals surface area contributed by atoms with Gasteiger partial charge in [0, 0.05) is 18.2 Å². The molecule has 1 aliphatic heterocycles. The van der Waals surface area contributed by atoms with Gasteiger partial charge in [0.1, 0.15) is 5.76 Å². The molecular weight excluding hydrogens is 346 g/mol. The summed E-state index contributed by atoms with van der Waals surface area (Å²) in [5.41, 5.74) is 4.31. The normalized spacial score (nSPS) is 19.7. The predicted molar refractivity (Wildman–Crippen MR) is 106 cm³/mol. The minimum Gasteiger partial charge on any atom is -0.510 e. The SMILES string of the molecule is CC(=O)Nc1cccc(-c2ccc(CC3(C)SC(=O)C(C)=C3O)cc2)c1. The number of carbonyl (C=O) groups is 2. The first-order chi connectivity index (χ1) is 12.3. The number of hydrogen-bond acceptors (Lipinski definition) is 4. The van der Waals surface area contributed by atoms with E-state index in [0.29, 0.717) is 12.0 Å². The Balaban J connectivity index is 1.79. The van der Waals surface area contributed by atoms with E-state index in [9.17, 15) is 14.7 Å². The highest BCUT2D eigenvalue weighted by Crippen LogP contribution is 2.44. The van der Waals surface area contributed by atoms with E-state index >= 15 is 0 Å². The van der Waals surface area contributed by atoms with Gasteiger partial charge in [0.25, 0.3) is 0 Å². The molecule has 0 saturated carbocycles. The van der Waals surface area contributed by atoms with Gasteiger partial charge < -0.3 is 10.4 Å². The molecule has 2 N–H and O–H groups in total. The lowest BCUT2D eigenvalue weighted by Gasteiger charge is -2.22. The van der Waals surface area contributed by atoms with Crippen molar-refractivity contribution in [2.75, 3.05) is 5.32 Å². The van der Waals surface area contributed by atoms with E-state index in [1.165, 1.54) is 18.7 Å². The van der Waals surface area contributed by atoms with Crippen LogP contribution in [0.1, 0.15) is 26.3 Å². The third kappa shape index (κ3) is 3.68. The van der Waals surface area contributed by atoms with Crippen molar-refractivity contribution < 1.29 is 14.7 Å². The van der Waals surface area contributed by atoms with Crippen molar-refractivity contribution in [3.05, 3.63) is 65.4 Å². The van der Waals surface area contributed by atoms with Crippen molar-refractivity contribution in [2.45, 2.75) is 31.9 Å². The summed E-state index contributed by atoms with van der Waals surface area (Å²) in [7, 11) is 0. The van der Waals surface area contributed by atoms with Crippen LogP contribution in [-0.2, 0) is 16.0 Å². The molecule has 0 aromatic heterocycles. The molecule has 0 aliphatic carbocycles. The van der Waals surface area contributed by atoms with Crippen LogP contribution in [0, 0.1) is 0 Å². The predicted octanol–water partition coefficient (Wildman–Crippen LogP) is 4.72. The number of nitrogens with one attached hydrogen (secondary N) is 1. The van der Waals surface area contributed by atoms with Gasteiger partial charge in [-0.25, -0.2) is 0 Å². The van der Waals surface area contributed by atoms with E-state index in [2.05, 4.69) is 5.32 Å². The number of hydrogen-bond donors (Lipinski definition) is 2. The zero-order chi connectivity index (χ0) is 18.9. The van der Waals surface area contributed by atoms with Gasteiger partial charge in [-0.3, -0.25) is 9.59 Å². The van der Waals surface area contributed by atoms with Crippen LogP contribution in [0.5, 0.6) is 0 Å². The first-order valence-electron chi connectivity index (χ1n) is 8.39. The average molecular weight is 367 g/mol. The molecule has 0 saturated heterocycles. The molecule has 0 fully saturated rings. The van der Waals surface area contributed by atoms with Gasteiger partial charge >= 0.3 is 0 Å². The van der Waals surface area contributed by atoms with Crippen molar-refractivity contribution >= 4 is 28.5 Å². The number of amides is 1. The molecule has 2 aromatic carbocycles. The second-order valence-corrected chi connectivity index (χ2v) is 8.21. The second-order valence-electron chi connectivity index (χ2n) is 6.73. The topological polar surface area (TPSA) is 66.4 Å². The van der Waals surface area contributed by atoms with Crippen LogP contribution in [0.2, 0.25) is 0 Å². The summed E-state index contributed by atoms with van der Waals surface area (Å²) in [4.78, 5) is 23.1. The fraction of sp³-hybridized carbons (Fsp3) is 0.238. The van der Waals surface area contributed by atoms with Crippen molar-refractivity contribution in [1.82, 2.24) is 0 Å². The molecular formula is C21H21NO3S. The lowest BCUT2D eigenvalue weighted by atomic mass is 9.95. The van der Waals surface area contributed by atoms with Gasteiger partial charge in [-0.1, -0.05) is 48.2 Å². The van der Waals surface area contributed by atoms with Crippen LogP contribution in [0.4, 0.5) is 5.69 Å². The summed E-state index contributed by atoms with van der Waals surface area (Å²) in [6.45, 7) is 5.05. The highest BCUT2D eigenvalue weighted by Gasteiger charge is 2.41. The Labute approximate surface area is 157 Å². The largest absolute Gasteiger partial charge is 0.510 e. The van der Waals surface area contributed by atoms with Gasteiger partial charge in [-0.05, 0) is 49.1 Å². The van der Waals surface area contributed by atoms with Crippen LogP contribution >= 0.6 is 11.8 Å². The Bertz CT molecular complexity index is 902. The smallest absolute Gasteiger partial charge is 0.221 e. The van der Waals surface area contributed by atoms with E-state index in [1.807, 2.05) is 55.5 Å². The van der Waals surface area contributed by atoms with Gasteiger partial charge in [0.2, 0.25) is 11.0 Å². The summed E-state index contributed by atoms with van der Waals surface area (Å²) in [5, 5.41) is 13.0. The molecule has 1 aliphatic rings. The van der Waals surface area contributed by atoms with E-state index < -0.39 is 4.75 Å². The summed E-state index contributed by atoms with van der Waals surface area (Å²) >= 11 is 1.18. The molecule has 134 valence electrons. The molecule has 1 amide bonds. The summed E-state index contributed by atoms with van der Waals surface area (Å²) in [6.07, 6.45) is 0.582. The molecule has 2 aromatic rings. The lowest BCUT2D eigenvalue weighted by molar-refractivity contribution is -0.114. The highest BCUT2D eigenvalue weighted by atomic mass is 32.2.